The zero-order valence-electron chi connectivity index (χ0n) is 15.2. The lowest BCUT2D eigenvalue weighted by Gasteiger charge is -2.35. The Morgan fingerprint density at radius 2 is 1.72 bits per heavy atom. The summed E-state index contributed by atoms with van der Waals surface area (Å²) in [6.07, 6.45) is 3.02. The van der Waals surface area contributed by atoms with Crippen molar-refractivity contribution in [3.05, 3.63) is 70.8 Å². The first kappa shape index (κ1) is 19.2. The molecule has 1 aliphatic rings. The van der Waals surface area contributed by atoms with Gasteiger partial charge in [0.15, 0.2) is 0 Å². The van der Waals surface area contributed by atoms with Crippen LogP contribution in [-0.2, 0) is 10.0 Å². The number of aromatic nitrogens is 1. The summed E-state index contributed by atoms with van der Waals surface area (Å²) in [7, 11) is -3.93. The van der Waals surface area contributed by atoms with E-state index in [-0.39, 0.29) is 23.7 Å². The van der Waals surface area contributed by atoms with Crippen LogP contribution in [0.1, 0.15) is 0 Å². The van der Waals surface area contributed by atoms with E-state index in [1.165, 1.54) is 34.8 Å². The van der Waals surface area contributed by atoms with E-state index in [4.69, 9.17) is 0 Å². The molecule has 0 radical (unpaired) electrons. The second kappa shape index (κ2) is 7.37. The van der Waals surface area contributed by atoms with Crippen LogP contribution < -0.4 is 4.90 Å². The third-order valence-corrected chi connectivity index (χ3v) is 6.93. The van der Waals surface area contributed by atoms with Crippen molar-refractivity contribution in [3.63, 3.8) is 0 Å². The van der Waals surface area contributed by atoms with Crippen molar-refractivity contribution in [1.29, 1.82) is 0 Å². The topological polar surface area (TPSA) is 96.6 Å². The van der Waals surface area contributed by atoms with Gasteiger partial charge in [0.1, 0.15) is 10.7 Å². The molecule has 0 aliphatic carbocycles. The van der Waals surface area contributed by atoms with Crippen LogP contribution in [0.25, 0.3) is 10.8 Å². The minimum Gasteiger partial charge on any atom is -0.368 e. The first-order valence-corrected chi connectivity index (χ1v) is 10.3. The molecule has 0 bridgehead atoms. The lowest BCUT2D eigenvalue weighted by Crippen LogP contribution is -2.48. The van der Waals surface area contributed by atoms with Crippen LogP contribution in [0.2, 0.25) is 0 Å². The van der Waals surface area contributed by atoms with Crippen molar-refractivity contribution in [2.75, 3.05) is 31.1 Å². The van der Waals surface area contributed by atoms with Gasteiger partial charge in [0.25, 0.3) is 5.69 Å². The monoisotopic (exact) mass is 416 g/mol. The van der Waals surface area contributed by atoms with Crippen LogP contribution in [0.15, 0.2) is 59.8 Å². The highest BCUT2D eigenvalue weighted by Crippen LogP contribution is 2.33. The summed E-state index contributed by atoms with van der Waals surface area (Å²) in [5.41, 5.74) is 0.744. The molecule has 8 nitrogen and oxygen atoms in total. The molecule has 29 heavy (non-hydrogen) atoms. The van der Waals surface area contributed by atoms with Gasteiger partial charge < -0.3 is 4.90 Å². The molecule has 0 spiro atoms. The first-order valence-electron chi connectivity index (χ1n) is 8.90. The number of anilines is 1. The highest BCUT2D eigenvalue weighted by molar-refractivity contribution is 7.89. The van der Waals surface area contributed by atoms with Crippen LogP contribution >= 0.6 is 0 Å². The third-order valence-electron chi connectivity index (χ3n) is 5.00. The summed E-state index contributed by atoms with van der Waals surface area (Å²) in [5, 5.41) is 12.4. The van der Waals surface area contributed by atoms with Crippen molar-refractivity contribution < 1.29 is 17.7 Å². The Morgan fingerprint density at radius 1 is 1.00 bits per heavy atom. The fraction of sp³-hybridized carbons (Fsp3) is 0.211. The Morgan fingerprint density at radius 3 is 2.41 bits per heavy atom. The number of non-ortho nitro benzene ring substituents is 1. The molecule has 0 amide bonds. The molecule has 2 aromatic carbocycles. The first-order chi connectivity index (χ1) is 13.9. The van der Waals surface area contributed by atoms with Crippen molar-refractivity contribution >= 4 is 32.2 Å². The molecule has 0 atom stereocenters. The summed E-state index contributed by atoms with van der Waals surface area (Å²) in [4.78, 5) is 16.4. The fourth-order valence-corrected chi connectivity index (χ4v) is 5.04. The molecular weight excluding hydrogens is 399 g/mol. The number of hydrogen-bond donors (Lipinski definition) is 0. The van der Waals surface area contributed by atoms with Gasteiger partial charge in [0.2, 0.25) is 10.0 Å². The van der Waals surface area contributed by atoms with Gasteiger partial charge in [-0.15, -0.1) is 0 Å². The van der Waals surface area contributed by atoms with Gasteiger partial charge >= 0.3 is 0 Å². The second-order valence-electron chi connectivity index (χ2n) is 6.60. The van der Waals surface area contributed by atoms with Gasteiger partial charge in [-0.2, -0.15) is 4.31 Å². The standard InChI is InChI=1S/C19H17FN4O4S/c20-16-3-1-2-4-19(16)29(27,28)23-11-9-22(10-12-23)17-5-6-18(24(25)26)15-13-21-8-7-14(15)17/h1-8,13H,9-12H2. The molecule has 3 aromatic rings. The van der Waals surface area contributed by atoms with E-state index in [0.717, 1.165) is 11.8 Å². The number of hydrogen-bond acceptors (Lipinski definition) is 6. The van der Waals surface area contributed by atoms with Gasteiger partial charge in [-0.05, 0) is 24.3 Å². The van der Waals surface area contributed by atoms with Gasteiger partial charge in [-0.1, -0.05) is 12.1 Å². The molecular formula is C19H17FN4O4S. The Labute approximate surface area is 166 Å². The van der Waals surface area contributed by atoms with Crippen LogP contribution in [-0.4, -0.2) is 48.8 Å². The van der Waals surface area contributed by atoms with Crippen LogP contribution in [0.5, 0.6) is 0 Å². The van der Waals surface area contributed by atoms with E-state index in [2.05, 4.69) is 4.98 Å². The zero-order valence-corrected chi connectivity index (χ0v) is 16.0. The van der Waals surface area contributed by atoms with Crippen molar-refractivity contribution in [2.24, 2.45) is 0 Å². The maximum atomic E-state index is 14.0. The number of rotatable bonds is 4. The molecule has 1 saturated heterocycles. The van der Waals surface area contributed by atoms with Gasteiger partial charge in [0.05, 0.1) is 10.3 Å². The summed E-state index contributed by atoms with van der Waals surface area (Å²) < 4.78 is 40.8. The zero-order chi connectivity index (χ0) is 20.6. The van der Waals surface area contributed by atoms with E-state index in [1.807, 2.05) is 4.90 Å². The Kier molecular flexibility index (Phi) is 4.89. The smallest absolute Gasteiger partial charge is 0.278 e. The molecule has 1 aromatic heterocycles. The minimum atomic E-state index is -3.93. The van der Waals surface area contributed by atoms with E-state index >= 15 is 0 Å². The molecule has 0 saturated carbocycles. The highest BCUT2D eigenvalue weighted by Gasteiger charge is 2.31. The number of pyridine rings is 1. The Balaban J connectivity index is 1.60. The van der Waals surface area contributed by atoms with E-state index in [0.29, 0.717) is 23.9 Å². The molecule has 1 fully saturated rings. The SMILES string of the molecule is O=[N+]([O-])c1ccc(N2CCN(S(=O)(=O)c3ccccc3F)CC2)c2ccncc12. The minimum absolute atomic E-state index is 0.0300. The van der Waals surface area contributed by atoms with Crippen LogP contribution in [0.3, 0.4) is 0 Å². The van der Waals surface area contributed by atoms with Crippen molar-refractivity contribution in [2.45, 2.75) is 4.90 Å². The van der Waals surface area contributed by atoms with Crippen LogP contribution in [0, 0.1) is 15.9 Å². The van der Waals surface area contributed by atoms with E-state index < -0.39 is 20.8 Å². The van der Waals surface area contributed by atoms with Crippen LogP contribution in [0.4, 0.5) is 15.8 Å². The molecule has 1 aliphatic heterocycles. The third kappa shape index (κ3) is 3.40. The predicted molar refractivity (Wildman–Crippen MR) is 106 cm³/mol. The summed E-state index contributed by atoms with van der Waals surface area (Å²) >= 11 is 0. The second-order valence-corrected chi connectivity index (χ2v) is 8.51. The van der Waals surface area contributed by atoms with Crippen molar-refractivity contribution in [3.8, 4) is 0 Å². The largest absolute Gasteiger partial charge is 0.368 e. The number of sulfonamides is 1. The van der Waals surface area contributed by atoms with Gasteiger partial charge in [-0.3, -0.25) is 15.1 Å². The number of nitro benzene ring substituents is 1. The van der Waals surface area contributed by atoms with Crippen molar-refractivity contribution in [1.82, 2.24) is 9.29 Å². The number of piperazine rings is 1. The average Bonchev–Trinajstić information content (AvgIpc) is 2.73. The number of halogens is 1. The molecule has 0 N–H and O–H groups in total. The molecule has 10 heteroatoms. The number of fused-ring (bicyclic) bond motifs is 1. The maximum Gasteiger partial charge on any atom is 0.278 e. The van der Waals surface area contributed by atoms with Gasteiger partial charge in [0, 0.05) is 55.7 Å². The number of nitro groups is 1. The van der Waals surface area contributed by atoms with E-state index in [1.54, 1.807) is 18.3 Å². The summed E-state index contributed by atoms with van der Waals surface area (Å²) in [6.45, 7) is 1.12. The average molecular weight is 416 g/mol. The molecule has 150 valence electrons. The summed E-state index contributed by atoms with van der Waals surface area (Å²) in [5.74, 6) is -0.774. The highest BCUT2D eigenvalue weighted by atomic mass is 32.2. The molecule has 0 unspecified atom stereocenters. The maximum absolute atomic E-state index is 14.0. The number of benzene rings is 2. The lowest BCUT2D eigenvalue weighted by molar-refractivity contribution is -0.383. The fourth-order valence-electron chi connectivity index (χ4n) is 3.56. The molecule has 4 rings (SSSR count). The van der Waals surface area contributed by atoms with E-state index in [9.17, 15) is 22.9 Å². The Bertz CT molecular complexity index is 1190. The molecule has 2 heterocycles. The normalized spacial score (nSPS) is 15.6. The quantitative estimate of drug-likeness (QED) is 0.479. The lowest BCUT2D eigenvalue weighted by atomic mass is 10.1. The number of nitrogens with zero attached hydrogens (tertiary/aromatic N) is 4. The Hall–Kier alpha value is -3.11. The van der Waals surface area contributed by atoms with Gasteiger partial charge in [-0.25, -0.2) is 12.8 Å². The predicted octanol–water partition coefficient (Wildman–Crippen LogP) is 2.79. The summed E-state index contributed by atoms with van der Waals surface area (Å²) in [6, 6.07) is 10.1.